The van der Waals surface area contributed by atoms with Gasteiger partial charge < -0.3 is 10.5 Å². The van der Waals surface area contributed by atoms with Gasteiger partial charge in [-0.3, -0.25) is 0 Å². The minimum Gasteiger partial charge on any atom is -0.439 e. The van der Waals surface area contributed by atoms with Crippen LogP contribution in [0.1, 0.15) is 56.5 Å². The van der Waals surface area contributed by atoms with Gasteiger partial charge in [-0.1, -0.05) is 39.8 Å². The van der Waals surface area contributed by atoms with E-state index in [-0.39, 0.29) is 5.92 Å². The van der Waals surface area contributed by atoms with Crippen molar-refractivity contribution in [1.29, 1.82) is 0 Å². The van der Waals surface area contributed by atoms with Crippen LogP contribution in [0.5, 0.6) is 11.6 Å². The third-order valence-electron chi connectivity index (χ3n) is 3.35. The Bertz CT molecular complexity index is 636. The standard InChI is InChI=1S/C17H23N3O/c1-10(2)13-7-6-12(5)14(8-13)21-16-9-15(18)19-17(20-16)11(3)4/h6-11H,1-5H3,(H2,18,19,20). The van der Waals surface area contributed by atoms with E-state index in [1.54, 1.807) is 6.07 Å². The van der Waals surface area contributed by atoms with Gasteiger partial charge >= 0.3 is 0 Å². The molecule has 0 amide bonds. The van der Waals surface area contributed by atoms with Crippen LogP contribution in [-0.2, 0) is 0 Å². The van der Waals surface area contributed by atoms with E-state index < -0.39 is 0 Å². The van der Waals surface area contributed by atoms with Gasteiger partial charge in [-0.25, -0.2) is 4.98 Å². The molecular formula is C17H23N3O. The second kappa shape index (κ2) is 6.12. The summed E-state index contributed by atoms with van der Waals surface area (Å²) in [6.07, 6.45) is 0. The largest absolute Gasteiger partial charge is 0.439 e. The summed E-state index contributed by atoms with van der Waals surface area (Å²) in [5.41, 5.74) is 8.15. The highest BCUT2D eigenvalue weighted by molar-refractivity contribution is 5.41. The van der Waals surface area contributed by atoms with Crippen molar-refractivity contribution in [2.75, 3.05) is 5.73 Å². The number of nitrogens with zero attached hydrogens (tertiary/aromatic N) is 2. The molecular weight excluding hydrogens is 262 g/mol. The van der Waals surface area contributed by atoms with Crippen molar-refractivity contribution >= 4 is 5.82 Å². The zero-order valence-electron chi connectivity index (χ0n) is 13.3. The number of anilines is 1. The van der Waals surface area contributed by atoms with Crippen molar-refractivity contribution in [3.63, 3.8) is 0 Å². The van der Waals surface area contributed by atoms with E-state index in [2.05, 4.69) is 42.0 Å². The highest BCUT2D eigenvalue weighted by Crippen LogP contribution is 2.29. The average Bonchev–Trinajstić information content (AvgIpc) is 2.40. The lowest BCUT2D eigenvalue weighted by atomic mass is 10.0. The number of aryl methyl sites for hydroxylation is 1. The van der Waals surface area contributed by atoms with E-state index in [1.165, 1.54) is 5.56 Å². The highest BCUT2D eigenvalue weighted by Gasteiger charge is 2.10. The molecule has 4 heteroatoms. The number of rotatable bonds is 4. The summed E-state index contributed by atoms with van der Waals surface area (Å²) in [7, 11) is 0. The average molecular weight is 285 g/mol. The molecule has 2 N–H and O–H groups in total. The van der Waals surface area contributed by atoms with E-state index in [0.717, 1.165) is 11.3 Å². The van der Waals surface area contributed by atoms with Gasteiger partial charge in [0.2, 0.25) is 5.88 Å². The number of nitrogen functional groups attached to an aromatic ring is 1. The Kier molecular flexibility index (Phi) is 4.46. The first kappa shape index (κ1) is 15.3. The summed E-state index contributed by atoms with van der Waals surface area (Å²) >= 11 is 0. The summed E-state index contributed by atoms with van der Waals surface area (Å²) in [5.74, 6) is 3.10. The quantitative estimate of drug-likeness (QED) is 0.904. The van der Waals surface area contributed by atoms with Crippen LogP contribution in [0.25, 0.3) is 0 Å². The minimum atomic E-state index is 0.207. The van der Waals surface area contributed by atoms with Crippen LogP contribution in [-0.4, -0.2) is 9.97 Å². The molecule has 1 aromatic heterocycles. The van der Waals surface area contributed by atoms with Crippen LogP contribution >= 0.6 is 0 Å². The lowest BCUT2D eigenvalue weighted by Crippen LogP contribution is -2.03. The maximum atomic E-state index is 5.94. The second-order valence-corrected chi connectivity index (χ2v) is 5.93. The fourth-order valence-electron chi connectivity index (χ4n) is 1.97. The van der Waals surface area contributed by atoms with Crippen LogP contribution in [0, 0.1) is 6.92 Å². The molecule has 0 spiro atoms. The Morgan fingerprint density at radius 1 is 1.00 bits per heavy atom. The van der Waals surface area contributed by atoms with Gasteiger partial charge in [0.25, 0.3) is 0 Å². The predicted molar refractivity (Wildman–Crippen MR) is 85.9 cm³/mol. The maximum Gasteiger partial charge on any atom is 0.224 e. The number of hydrogen-bond donors (Lipinski definition) is 1. The molecule has 0 unspecified atom stereocenters. The first-order valence-electron chi connectivity index (χ1n) is 7.29. The van der Waals surface area contributed by atoms with Crippen molar-refractivity contribution in [2.24, 2.45) is 0 Å². The van der Waals surface area contributed by atoms with Gasteiger partial charge in [-0.2, -0.15) is 4.98 Å². The molecule has 112 valence electrons. The molecule has 0 saturated carbocycles. The number of ether oxygens (including phenoxy) is 1. The summed E-state index contributed by atoms with van der Waals surface area (Å²) in [6.45, 7) is 10.4. The van der Waals surface area contributed by atoms with E-state index in [4.69, 9.17) is 10.5 Å². The molecule has 1 heterocycles. The Morgan fingerprint density at radius 2 is 1.71 bits per heavy atom. The summed E-state index contributed by atoms with van der Waals surface area (Å²) in [6, 6.07) is 7.92. The first-order valence-corrected chi connectivity index (χ1v) is 7.29. The highest BCUT2D eigenvalue weighted by atomic mass is 16.5. The van der Waals surface area contributed by atoms with Crippen molar-refractivity contribution in [3.05, 3.63) is 41.2 Å². The Labute approximate surface area is 126 Å². The zero-order valence-corrected chi connectivity index (χ0v) is 13.3. The first-order chi connectivity index (χ1) is 9.86. The molecule has 0 radical (unpaired) electrons. The fraction of sp³-hybridized carbons (Fsp3) is 0.412. The van der Waals surface area contributed by atoms with Crippen molar-refractivity contribution in [3.8, 4) is 11.6 Å². The molecule has 0 aliphatic heterocycles. The molecule has 0 bridgehead atoms. The fourth-order valence-corrected chi connectivity index (χ4v) is 1.97. The van der Waals surface area contributed by atoms with Crippen LogP contribution in [0.4, 0.5) is 5.82 Å². The van der Waals surface area contributed by atoms with Gasteiger partial charge in [0.05, 0.1) is 0 Å². The number of benzene rings is 1. The maximum absolute atomic E-state index is 5.94. The third-order valence-corrected chi connectivity index (χ3v) is 3.35. The van der Waals surface area contributed by atoms with Crippen LogP contribution < -0.4 is 10.5 Å². The van der Waals surface area contributed by atoms with Gasteiger partial charge in [0.15, 0.2) is 0 Å². The number of nitrogens with two attached hydrogens (primary N) is 1. The molecule has 21 heavy (non-hydrogen) atoms. The SMILES string of the molecule is Cc1ccc(C(C)C)cc1Oc1cc(N)nc(C(C)C)n1. The molecule has 0 aliphatic carbocycles. The van der Waals surface area contributed by atoms with Crippen LogP contribution in [0.3, 0.4) is 0 Å². The van der Waals surface area contributed by atoms with E-state index in [9.17, 15) is 0 Å². The number of aromatic nitrogens is 2. The Balaban J connectivity index is 2.35. The van der Waals surface area contributed by atoms with Gasteiger partial charge in [-0.15, -0.1) is 0 Å². The molecule has 2 rings (SSSR count). The molecule has 0 aliphatic rings. The normalized spacial score (nSPS) is 11.2. The van der Waals surface area contributed by atoms with Crippen LogP contribution in [0.2, 0.25) is 0 Å². The predicted octanol–water partition coefficient (Wildman–Crippen LogP) is 4.41. The second-order valence-electron chi connectivity index (χ2n) is 5.93. The summed E-state index contributed by atoms with van der Waals surface area (Å²) in [4.78, 5) is 8.66. The lowest BCUT2D eigenvalue weighted by Gasteiger charge is -2.13. The lowest BCUT2D eigenvalue weighted by molar-refractivity contribution is 0.453. The summed E-state index contributed by atoms with van der Waals surface area (Å²) in [5, 5.41) is 0. The van der Waals surface area contributed by atoms with Crippen LogP contribution in [0.15, 0.2) is 24.3 Å². The monoisotopic (exact) mass is 285 g/mol. The van der Waals surface area contributed by atoms with E-state index >= 15 is 0 Å². The molecule has 2 aromatic rings. The smallest absolute Gasteiger partial charge is 0.224 e. The van der Waals surface area contributed by atoms with Gasteiger partial charge in [0.1, 0.15) is 17.4 Å². The molecule has 1 aromatic carbocycles. The van der Waals surface area contributed by atoms with Gasteiger partial charge in [0, 0.05) is 12.0 Å². The zero-order chi connectivity index (χ0) is 15.6. The van der Waals surface area contributed by atoms with E-state index in [1.807, 2.05) is 20.8 Å². The molecule has 4 nitrogen and oxygen atoms in total. The Morgan fingerprint density at radius 3 is 2.33 bits per heavy atom. The van der Waals surface area contributed by atoms with E-state index in [0.29, 0.717) is 23.4 Å². The minimum absolute atomic E-state index is 0.207. The van der Waals surface area contributed by atoms with Crippen molar-refractivity contribution in [2.45, 2.75) is 46.5 Å². The topological polar surface area (TPSA) is 61.0 Å². The molecule has 0 saturated heterocycles. The Hall–Kier alpha value is -2.10. The molecule has 0 fully saturated rings. The van der Waals surface area contributed by atoms with Crippen molar-refractivity contribution < 1.29 is 4.74 Å². The summed E-state index contributed by atoms with van der Waals surface area (Å²) < 4.78 is 5.94. The van der Waals surface area contributed by atoms with Gasteiger partial charge in [-0.05, 0) is 30.0 Å². The van der Waals surface area contributed by atoms with Crippen molar-refractivity contribution in [1.82, 2.24) is 9.97 Å². The third kappa shape index (κ3) is 3.72. The number of hydrogen-bond acceptors (Lipinski definition) is 4. The molecule has 0 atom stereocenters.